The number of nitrogens with two attached hydrogens (primary N) is 1. The Hall–Kier alpha value is -1.69. The summed E-state index contributed by atoms with van der Waals surface area (Å²) in [6.45, 7) is 3.29. The second kappa shape index (κ2) is 6.02. The van der Waals surface area contributed by atoms with Crippen LogP contribution in [0.25, 0.3) is 0 Å². The van der Waals surface area contributed by atoms with Crippen LogP contribution in [0.1, 0.15) is 19.0 Å². The molecule has 88 valence electrons. The molecule has 0 aliphatic heterocycles. The summed E-state index contributed by atoms with van der Waals surface area (Å²) in [6.07, 6.45) is 3.99. The van der Waals surface area contributed by atoms with E-state index in [0.29, 0.717) is 18.1 Å². The van der Waals surface area contributed by atoms with Crippen LogP contribution in [0.4, 0.5) is 5.82 Å². The average molecular weight is 223 g/mol. The van der Waals surface area contributed by atoms with Crippen molar-refractivity contribution in [1.29, 1.82) is 5.41 Å². The first kappa shape index (κ1) is 12.4. The number of nitrogens with one attached hydrogen (secondary N) is 1. The van der Waals surface area contributed by atoms with Crippen LogP contribution in [0.3, 0.4) is 0 Å². The summed E-state index contributed by atoms with van der Waals surface area (Å²) in [4.78, 5) is 10.1. The summed E-state index contributed by atoms with van der Waals surface area (Å²) in [5.74, 6) is 0.452. The molecule has 1 heterocycles. The molecule has 16 heavy (non-hydrogen) atoms. The molecule has 0 aliphatic rings. The SMILES string of the molecule is CCCN(CCO)c1nccnc1C(=N)N. The monoisotopic (exact) mass is 223 g/mol. The van der Waals surface area contributed by atoms with Gasteiger partial charge in [-0.1, -0.05) is 6.92 Å². The van der Waals surface area contributed by atoms with Crippen molar-refractivity contribution in [3.8, 4) is 0 Å². The van der Waals surface area contributed by atoms with Gasteiger partial charge in [-0.05, 0) is 6.42 Å². The zero-order valence-corrected chi connectivity index (χ0v) is 9.35. The topological polar surface area (TPSA) is 99.1 Å². The van der Waals surface area contributed by atoms with Crippen LogP contribution in [-0.4, -0.2) is 40.6 Å². The van der Waals surface area contributed by atoms with Crippen molar-refractivity contribution in [3.05, 3.63) is 18.1 Å². The average Bonchev–Trinajstić information content (AvgIpc) is 2.29. The van der Waals surface area contributed by atoms with E-state index < -0.39 is 0 Å². The molecule has 6 heteroatoms. The highest BCUT2D eigenvalue weighted by Crippen LogP contribution is 2.14. The lowest BCUT2D eigenvalue weighted by molar-refractivity contribution is 0.301. The first-order chi connectivity index (χ1) is 7.70. The van der Waals surface area contributed by atoms with Gasteiger partial charge in [0.25, 0.3) is 0 Å². The molecule has 0 radical (unpaired) electrons. The number of amidine groups is 1. The van der Waals surface area contributed by atoms with Gasteiger partial charge in [0.15, 0.2) is 5.82 Å². The van der Waals surface area contributed by atoms with Crippen molar-refractivity contribution in [3.63, 3.8) is 0 Å². The zero-order chi connectivity index (χ0) is 12.0. The molecule has 1 rings (SSSR count). The van der Waals surface area contributed by atoms with Gasteiger partial charge in [-0.3, -0.25) is 5.41 Å². The van der Waals surface area contributed by atoms with E-state index >= 15 is 0 Å². The molecule has 0 spiro atoms. The third kappa shape index (κ3) is 2.90. The third-order valence-electron chi connectivity index (χ3n) is 2.10. The van der Waals surface area contributed by atoms with Gasteiger partial charge in [-0.15, -0.1) is 0 Å². The molecule has 0 atom stereocenters. The van der Waals surface area contributed by atoms with Crippen molar-refractivity contribution >= 4 is 11.7 Å². The highest BCUT2D eigenvalue weighted by molar-refractivity contribution is 5.97. The number of aliphatic hydroxyl groups excluding tert-OH is 1. The van der Waals surface area contributed by atoms with Gasteiger partial charge in [0.1, 0.15) is 11.5 Å². The smallest absolute Gasteiger partial charge is 0.158 e. The lowest BCUT2D eigenvalue weighted by atomic mass is 10.3. The van der Waals surface area contributed by atoms with Crippen LogP contribution in [0.2, 0.25) is 0 Å². The normalized spacial score (nSPS) is 10.1. The zero-order valence-electron chi connectivity index (χ0n) is 9.35. The van der Waals surface area contributed by atoms with Crippen LogP contribution < -0.4 is 10.6 Å². The number of aromatic nitrogens is 2. The van der Waals surface area contributed by atoms with E-state index in [0.717, 1.165) is 13.0 Å². The van der Waals surface area contributed by atoms with E-state index in [2.05, 4.69) is 9.97 Å². The molecular weight excluding hydrogens is 206 g/mol. The van der Waals surface area contributed by atoms with Crippen LogP contribution >= 0.6 is 0 Å². The standard InChI is InChI=1S/C10H17N5O/c1-2-5-15(6-7-16)10-8(9(11)12)13-3-4-14-10/h3-4,16H,2,5-7H2,1H3,(H3,11,12). The minimum atomic E-state index is -0.109. The number of rotatable bonds is 6. The number of nitrogen functional groups attached to an aromatic ring is 1. The van der Waals surface area contributed by atoms with Gasteiger partial charge in [-0.2, -0.15) is 0 Å². The molecule has 1 aromatic rings. The highest BCUT2D eigenvalue weighted by Gasteiger charge is 2.14. The largest absolute Gasteiger partial charge is 0.395 e. The molecule has 6 nitrogen and oxygen atoms in total. The highest BCUT2D eigenvalue weighted by atomic mass is 16.3. The second-order valence-electron chi connectivity index (χ2n) is 3.35. The molecule has 0 saturated carbocycles. The first-order valence-corrected chi connectivity index (χ1v) is 5.22. The Morgan fingerprint density at radius 3 is 2.69 bits per heavy atom. The number of hydrogen-bond donors (Lipinski definition) is 3. The minimum Gasteiger partial charge on any atom is -0.395 e. The Morgan fingerprint density at radius 2 is 2.12 bits per heavy atom. The van der Waals surface area contributed by atoms with Crippen molar-refractivity contribution < 1.29 is 5.11 Å². The summed E-state index contributed by atoms with van der Waals surface area (Å²) in [5, 5.41) is 16.4. The maximum absolute atomic E-state index is 8.98. The number of anilines is 1. The molecule has 0 aliphatic carbocycles. The van der Waals surface area contributed by atoms with Crippen LogP contribution in [0.5, 0.6) is 0 Å². The van der Waals surface area contributed by atoms with Crippen LogP contribution in [0, 0.1) is 5.41 Å². The van der Waals surface area contributed by atoms with Crippen LogP contribution in [0.15, 0.2) is 12.4 Å². The third-order valence-corrected chi connectivity index (χ3v) is 2.10. The van der Waals surface area contributed by atoms with Crippen molar-refractivity contribution in [2.24, 2.45) is 5.73 Å². The van der Waals surface area contributed by atoms with E-state index in [1.165, 1.54) is 6.20 Å². The lowest BCUT2D eigenvalue weighted by Crippen LogP contribution is -2.31. The predicted octanol–water partition coefficient (Wildman–Crippen LogP) is -0.0306. The molecule has 0 aromatic carbocycles. The first-order valence-electron chi connectivity index (χ1n) is 5.22. The number of aliphatic hydroxyl groups is 1. The van der Waals surface area contributed by atoms with E-state index in [-0.39, 0.29) is 12.4 Å². The van der Waals surface area contributed by atoms with Crippen molar-refractivity contribution in [2.45, 2.75) is 13.3 Å². The van der Waals surface area contributed by atoms with Gasteiger partial charge in [0, 0.05) is 25.5 Å². The van der Waals surface area contributed by atoms with E-state index in [1.54, 1.807) is 6.20 Å². The fraction of sp³-hybridized carbons (Fsp3) is 0.500. The molecule has 0 saturated heterocycles. The van der Waals surface area contributed by atoms with Gasteiger partial charge in [0.2, 0.25) is 0 Å². The maximum atomic E-state index is 8.98. The Labute approximate surface area is 94.6 Å². The maximum Gasteiger partial charge on any atom is 0.158 e. The number of hydrogen-bond acceptors (Lipinski definition) is 5. The van der Waals surface area contributed by atoms with Crippen molar-refractivity contribution in [2.75, 3.05) is 24.6 Å². The fourth-order valence-electron chi connectivity index (χ4n) is 1.47. The van der Waals surface area contributed by atoms with Gasteiger partial charge in [0.05, 0.1) is 6.61 Å². The van der Waals surface area contributed by atoms with Gasteiger partial charge in [-0.25, -0.2) is 9.97 Å². The predicted molar refractivity (Wildman–Crippen MR) is 62.6 cm³/mol. The summed E-state index contributed by atoms with van der Waals surface area (Å²) in [5.41, 5.74) is 5.80. The van der Waals surface area contributed by atoms with E-state index in [1.807, 2.05) is 11.8 Å². The molecule has 4 N–H and O–H groups in total. The molecule has 0 unspecified atom stereocenters. The quantitative estimate of drug-likeness (QED) is 0.464. The summed E-state index contributed by atoms with van der Waals surface area (Å²) in [7, 11) is 0. The lowest BCUT2D eigenvalue weighted by Gasteiger charge is -2.23. The minimum absolute atomic E-state index is 0.0356. The summed E-state index contributed by atoms with van der Waals surface area (Å²) < 4.78 is 0. The van der Waals surface area contributed by atoms with E-state index in [4.69, 9.17) is 16.2 Å². The number of nitrogens with zero attached hydrogens (tertiary/aromatic N) is 3. The van der Waals surface area contributed by atoms with Crippen LogP contribution in [-0.2, 0) is 0 Å². The molecule has 0 amide bonds. The Balaban J connectivity index is 3.02. The van der Waals surface area contributed by atoms with E-state index in [9.17, 15) is 0 Å². The Morgan fingerprint density at radius 1 is 1.44 bits per heavy atom. The Kier molecular flexibility index (Phi) is 4.65. The fourth-order valence-corrected chi connectivity index (χ4v) is 1.47. The molecular formula is C10H17N5O. The second-order valence-corrected chi connectivity index (χ2v) is 3.35. The summed E-state index contributed by atoms with van der Waals surface area (Å²) >= 11 is 0. The molecule has 0 bridgehead atoms. The van der Waals surface area contributed by atoms with Gasteiger partial charge < -0.3 is 15.7 Å². The molecule has 0 fully saturated rings. The summed E-state index contributed by atoms with van der Waals surface area (Å²) in [6, 6.07) is 0. The molecule has 1 aromatic heterocycles. The Bertz CT molecular complexity index is 349. The van der Waals surface area contributed by atoms with Crippen molar-refractivity contribution in [1.82, 2.24) is 9.97 Å². The van der Waals surface area contributed by atoms with Gasteiger partial charge >= 0.3 is 0 Å².